The largest absolute Gasteiger partial charge is 0.469 e. The number of carbonyl (C=O) groups is 2. The van der Waals surface area contributed by atoms with Crippen LogP contribution in [-0.2, 0) is 23.8 Å². The molecule has 0 fully saturated rings. The zero-order valence-corrected chi connectivity index (χ0v) is 12.5. The monoisotopic (exact) mass is 275 g/mol. The maximum Gasteiger partial charge on any atom is 0.307 e. The lowest BCUT2D eigenvalue weighted by molar-refractivity contribution is -0.144. The molecule has 0 aliphatic rings. The summed E-state index contributed by atoms with van der Waals surface area (Å²) in [6.45, 7) is 6.80. The van der Waals surface area contributed by atoms with Gasteiger partial charge in [0, 0.05) is 20.2 Å². The zero-order valence-electron chi connectivity index (χ0n) is 12.5. The van der Waals surface area contributed by atoms with Crippen molar-refractivity contribution in [2.75, 3.05) is 40.5 Å². The summed E-state index contributed by atoms with van der Waals surface area (Å²) < 4.78 is 14.9. The van der Waals surface area contributed by atoms with E-state index in [0.717, 1.165) is 0 Å². The first kappa shape index (κ1) is 17.9. The Hall–Kier alpha value is -1.14. The SMILES string of the molecule is COCCN(CCC(=O)OC)C(=O)COC(C)(C)C. The lowest BCUT2D eigenvalue weighted by Crippen LogP contribution is -2.39. The van der Waals surface area contributed by atoms with Crippen LogP contribution in [0.2, 0.25) is 0 Å². The van der Waals surface area contributed by atoms with E-state index in [1.807, 2.05) is 20.8 Å². The van der Waals surface area contributed by atoms with Crippen LogP contribution in [0.3, 0.4) is 0 Å². The van der Waals surface area contributed by atoms with Crippen molar-refractivity contribution in [1.29, 1.82) is 0 Å². The summed E-state index contributed by atoms with van der Waals surface area (Å²) in [6, 6.07) is 0. The summed E-state index contributed by atoms with van der Waals surface area (Å²) in [6.07, 6.45) is 0.168. The molecule has 0 atom stereocenters. The van der Waals surface area contributed by atoms with Crippen LogP contribution < -0.4 is 0 Å². The Bertz CT molecular complexity index is 285. The molecule has 0 aliphatic heterocycles. The van der Waals surface area contributed by atoms with Crippen LogP contribution in [-0.4, -0.2) is 62.9 Å². The van der Waals surface area contributed by atoms with E-state index in [9.17, 15) is 9.59 Å². The van der Waals surface area contributed by atoms with Crippen molar-refractivity contribution in [2.24, 2.45) is 0 Å². The van der Waals surface area contributed by atoms with Crippen LogP contribution in [0.5, 0.6) is 0 Å². The van der Waals surface area contributed by atoms with Crippen molar-refractivity contribution in [3.05, 3.63) is 0 Å². The van der Waals surface area contributed by atoms with Gasteiger partial charge >= 0.3 is 5.97 Å². The molecule has 0 radical (unpaired) electrons. The molecule has 0 aromatic rings. The van der Waals surface area contributed by atoms with Gasteiger partial charge in [-0.25, -0.2) is 0 Å². The number of hydrogen-bond acceptors (Lipinski definition) is 5. The lowest BCUT2D eigenvalue weighted by atomic mass is 10.2. The molecule has 0 aromatic heterocycles. The second-order valence-corrected chi connectivity index (χ2v) is 5.10. The average Bonchev–Trinajstić information content (AvgIpc) is 2.34. The molecule has 0 aromatic carbocycles. The van der Waals surface area contributed by atoms with Gasteiger partial charge in [-0.15, -0.1) is 0 Å². The first-order valence-corrected chi connectivity index (χ1v) is 6.27. The molecule has 0 unspecified atom stereocenters. The smallest absolute Gasteiger partial charge is 0.307 e. The summed E-state index contributed by atoms with van der Waals surface area (Å²) in [5.41, 5.74) is -0.370. The van der Waals surface area contributed by atoms with Crippen molar-refractivity contribution in [1.82, 2.24) is 4.90 Å². The van der Waals surface area contributed by atoms with E-state index < -0.39 is 0 Å². The molecule has 0 saturated heterocycles. The predicted octanol–water partition coefficient (Wildman–Crippen LogP) is 0.840. The average molecular weight is 275 g/mol. The van der Waals surface area contributed by atoms with E-state index in [2.05, 4.69) is 4.74 Å². The van der Waals surface area contributed by atoms with E-state index in [1.54, 1.807) is 12.0 Å². The zero-order chi connectivity index (χ0) is 14.9. The topological polar surface area (TPSA) is 65.1 Å². The molecule has 0 bridgehead atoms. The highest BCUT2D eigenvalue weighted by Gasteiger charge is 2.18. The minimum absolute atomic E-state index is 0.00557. The van der Waals surface area contributed by atoms with E-state index in [4.69, 9.17) is 9.47 Å². The van der Waals surface area contributed by atoms with E-state index in [-0.39, 0.29) is 30.5 Å². The van der Waals surface area contributed by atoms with Crippen molar-refractivity contribution < 1.29 is 23.8 Å². The molecule has 19 heavy (non-hydrogen) atoms. The molecule has 0 saturated carbocycles. The number of esters is 1. The van der Waals surface area contributed by atoms with Gasteiger partial charge in [0.25, 0.3) is 0 Å². The highest BCUT2D eigenvalue weighted by molar-refractivity contribution is 5.78. The molecule has 0 rings (SSSR count). The number of carbonyl (C=O) groups excluding carboxylic acids is 2. The second kappa shape index (κ2) is 8.87. The number of nitrogens with zero attached hydrogens (tertiary/aromatic N) is 1. The van der Waals surface area contributed by atoms with Gasteiger partial charge in [-0.2, -0.15) is 0 Å². The fourth-order valence-corrected chi connectivity index (χ4v) is 1.26. The summed E-state index contributed by atoms with van der Waals surface area (Å²) in [5.74, 6) is -0.497. The van der Waals surface area contributed by atoms with Crippen molar-refractivity contribution in [2.45, 2.75) is 32.8 Å². The third kappa shape index (κ3) is 9.44. The van der Waals surface area contributed by atoms with Crippen LogP contribution in [0, 0.1) is 0 Å². The van der Waals surface area contributed by atoms with Gasteiger partial charge in [0.05, 0.1) is 25.7 Å². The Balaban J connectivity index is 4.30. The quantitative estimate of drug-likeness (QED) is 0.614. The first-order valence-electron chi connectivity index (χ1n) is 6.27. The maximum atomic E-state index is 12.0. The number of rotatable bonds is 8. The van der Waals surface area contributed by atoms with E-state index in [1.165, 1.54) is 7.11 Å². The minimum atomic E-state index is -0.370. The van der Waals surface area contributed by atoms with Crippen LogP contribution in [0.4, 0.5) is 0 Å². The summed E-state index contributed by atoms with van der Waals surface area (Å²) in [7, 11) is 2.89. The van der Waals surface area contributed by atoms with Crippen LogP contribution in [0.1, 0.15) is 27.2 Å². The number of methoxy groups -OCH3 is 2. The van der Waals surface area contributed by atoms with Crippen molar-refractivity contribution >= 4 is 11.9 Å². The fourth-order valence-electron chi connectivity index (χ4n) is 1.26. The van der Waals surface area contributed by atoms with Gasteiger partial charge in [-0.1, -0.05) is 0 Å². The Morgan fingerprint density at radius 1 is 1.11 bits per heavy atom. The normalized spacial score (nSPS) is 11.2. The molecule has 0 spiro atoms. The number of hydrogen-bond donors (Lipinski definition) is 0. The van der Waals surface area contributed by atoms with Crippen LogP contribution in [0.15, 0.2) is 0 Å². The second-order valence-electron chi connectivity index (χ2n) is 5.10. The van der Waals surface area contributed by atoms with Crippen molar-refractivity contribution in [3.63, 3.8) is 0 Å². The highest BCUT2D eigenvalue weighted by atomic mass is 16.5. The highest BCUT2D eigenvalue weighted by Crippen LogP contribution is 2.07. The molecule has 1 amide bonds. The van der Waals surface area contributed by atoms with Gasteiger partial charge in [0.15, 0.2) is 0 Å². The fraction of sp³-hybridized carbons (Fsp3) is 0.846. The standard InChI is InChI=1S/C13H25NO5/c1-13(2,3)19-10-11(15)14(8-9-17-4)7-6-12(16)18-5/h6-10H2,1-5H3. The summed E-state index contributed by atoms with van der Waals surface area (Å²) in [5, 5.41) is 0. The van der Waals surface area contributed by atoms with Crippen LogP contribution >= 0.6 is 0 Å². The van der Waals surface area contributed by atoms with Gasteiger partial charge in [0.2, 0.25) is 5.91 Å². The Morgan fingerprint density at radius 2 is 1.74 bits per heavy atom. The van der Waals surface area contributed by atoms with Gasteiger partial charge in [-0.05, 0) is 20.8 Å². The minimum Gasteiger partial charge on any atom is -0.469 e. The molecule has 0 N–H and O–H groups in total. The number of ether oxygens (including phenoxy) is 3. The Kier molecular flexibility index (Phi) is 8.34. The van der Waals surface area contributed by atoms with Gasteiger partial charge in [-0.3, -0.25) is 9.59 Å². The van der Waals surface area contributed by atoms with Gasteiger partial charge < -0.3 is 19.1 Å². The van der Waals surface area contributed by atoms with Gasteiger partial charge in [0.1, 0.15) is 6.61 Å². The summed E-state index contributed by atoms with van der Waals surface area (Å²) >= 11 is 0. The Morgan fingerprint density at radius 3 is 2.21 bits per heavy atom. The molecule has 0 heterocycles. The molecule has 6 heteroatoms. The van der Waals surface area contributed by atoms with E-state index in [0.29, 0.717) is 19.7 Å². The predicted molar refractivity (Wildman–Crippen MR) is 70.8 cm³/mol. The Labute approximate surface area is 115 Å². The molecular formula is C13H25NO5. The molecular weight excluding hydrogens is 250 g/mol. The number of amides is 1. The third-order valence-corrected chi connectivity index (χ3v) is 2.36. The van der Waals surface area contributed by atoms with Crippen molar-refractivity contribution in [3.8, 4) is 0 Å². The maximum absolute atomic E-state index is 12.0. The van der Waals surface area contributed by atoms with Crippen LogP contribution in [0.25, 0.3) is 0 Å². The molecule has 6 nitrogen and oxygen atoms in total. The third-order valence-electron chi connectivity index (χ3n) is 2.36. The molecule has 112 valence electrons. The summed E-state index contributed by atoms with van der Waals surface area (Å²) in [4.78, 5) is 24.6. The van der Waals surface area contributed by atoms with E-state index >= 15 is 0 Å². The lowest BCUT2D eigenvalue weighted by Gasteiger charge is -2.25. The molecule has 0 aliphatic carbocycles. The first-order chi connectivity index (χ1) is 8.80.